The van der Waals surface area contributed by atoms with Crippen molar-refractivity contribution >= 4 is 0 Å². The molecule has 0 aliphatic heterocycles. The fourth-order valence-corrected chi connectivity index (χ4v) is 2.73. The van der Waals surface area contributed by atoms with E-state index in [1.165, 1.54) is 18.4 Å². The largest absolute Gasteiger partial charge is 0.497 e. The summed E-state index contributed by atoms with van der Waals surface area (Å²) < 4.78 is 5.31. The first-order valence-electron chi connectivity index (χ1n) is 7.82. The summed E-state index contributed by atoms with van der Waals surface area (Å²) in [6, 6.07) is 9.28. The van der Waals surface area contributed by atoms with Gasteiger partial charge in [-0.3, -0.25) is 0 Å². The summed E-state index contributed by atoms with van der Waals surface area (Å²) in [6.45, 7) is 11.4. The molecule has 0 fully saturated rings. The molecule has 0 bridgehead atoms. The second kappa shape index (κ2) is 8.31. The third-order valence-corrected chi connectivity index (χ3v) is 3.59. The average Bonchev–Trinajstić information content (AvgIpc) is 2.37. The first-order chi connectivity index (χ1) is 9.42. The van der Waals surface area contributed by atoms with E-state index in [1.807, 2.05) is 6.07 Å². The van der Waals surface area contributed by atoms with Crippen LogP contribution in [-0.2, 0) is 0 Å². The summed E-state index contributed by atoms with van der Waals surface area (Å²) in [6.07, 6.45) is 2.46. The molecule has 0 unspecified atom stereocenters. The van der Waals surface area contributed by atoms with Gasteiger partial charge in [-0.15, -0.1) is 0 Å². The summed E-state index contributed by atoms with van der Waals surface area (Å²) >= 11 is 0. The zero-order valence-electron chi connectivity index (χ0n) is 13.9. The number of ether oxygens (including phenoxy) is 1. The number of nitrogens with one attached hydrogen (secondary N) is 1. The van der Waals surface area contributed by atoms with Crippen LogP contribution in [0.1, 0.15) is 59.1 Å². The molecular weight excluding hydrogens is 246 g/mol. The van der Waals surface area contributed by atoms with Crippen LogP contribution in [-0.4, -0.2) is 13.2 Å². The molecule has 1 N–H and O–H groups in total. The lowest BCUT2D eigenvalue weighted by Crippen LogP contribution is -2.34. The maximum absolute atomic E-state index is 5.31. The van der Waals surface area contributed by atoms with Gasteiger partial charge < -0.3 is 10.1 Å². The molecular formula is C18H31NO. The van der Waals surface area contributed by atoms with Crippen molar-refractivity contribution in [1.29, 1.82) is 0 Å². The highest BCUT2D eigenvalue weighted by Crippen LogP contribution is 2.22. The summed E-state index contributed by atoms with van der Waals surface area (Å²) in [5.41, 5.74) is 1.29. The molecule has 1 aromatic carbocycles. The summed E-state index contributed by atoms with van der Waals surface area (Å²) in [5.74, 6) is 2.38. The van der Waals surface area contributed by atoms with E-state index in [4.69, 9.17) is 4.74 Å². The van der Waals surface area contributed by atoms with Gasteiger partial charge in [-0.2, -0.15) is 0 Å². The minimum atomic E-state index is 0.354. The fourth-order valence-electron chi connectivity index (χ4n) is 2.73. The second-order valence-corrected chi connectivity index (χ2v) is 6.62. The Balaban J connectivity index is 2.70. The molecule has 0 radical (unpaired) electrons. The van der Waals surface area contributed by atoms with E-state index in [1.54, 1.807) is 7.11 Å². The van der Waals surface area contributed by atoms with Crippen molar-refractivity contribution in [2.24, 2.45) is 11.8 Å². The molecule has 2 heteroatoms. The van der Waals surface area contributed by atoms with E-state index >= 15 is 0 Å². The van der Waals surface area contributed by atoms with Gasteiger partial charge in [0.1, 0.15) is 5.75 Å². The number of methoxy groups -OCH3 is 1. The molecule has 0 spiro atoms. The van der Waals surface area contributed by atoms with Gasteiger partial charge >= 0.3 is 0 Å². The van der Waals surface area contributed by atoms with Crippen molar-refractivity contribution in [2.75, 3.05) is 7.11 Å². The smallest absolute Gasteiger partial charge is 0.119 e. The second-order valence-electron chi connectivity index (χ2n) is 6.62. The molecule has 1 atom stereocenters. The van der Waals surface area contributed by atoms with Crippen LogP contribution in [0.3, 0.4) is 0 Å². The molecule has 2 nitrogen and oxygen atoms in total. The standard InChI is InChI=1S/C18H31NO/c1-13(2)10-17(11-14(3)4)19-15(5)16-8-7-9-18(12-16)20-6/h7-9,12-15,17,19H,10-11H2,1-6H3/t15-/m0/s1. The first kappa shape index (κ1) is 17.0. The third kappa shape index (κ3) is 5.96. The van der Waals surface area contributed by atoms with Crippen molar-refractivity contribution in [3.05, 3.63) is 29.8 Å². The summed E-state index contributed by atoms with van der Waals surface area (Å²) in [5, 5.41) is 3.79. The molecule has 1 rings (SSSR count). The van der Waals surface area contributed by atoms with E-state index in [-0.39, 0.29) is 0 Å². The zero-order chi connectivity index (χ0) is 15.1. The highest BCUT2D eigenvalue weighted by Gasteiger charge is 2.16. The molecule has 1 aromatic rings. The lowest BCUT2D eigenvalue weighted by atomic mass is 9.94. The van der Waals surface area contributed by atoms with Gasteiger partial charge in [0.25, 0.3) is 0 Å². The van der Waals surface area contributed by atoms with E-state index in [2.05, 4.69) is 58.1 Å². The molecule has 0 aliphatic carbocycles. The average molecular weight is 277 g/mol. The molecule has 0 saturated carbocycles. The van der Waals surface area contributed by atoms with Gasteiger partial charge in [-0.1, -0.05) is 39.8 Å². The SMILES string of the molecule is COc1cccc([C@H](C)NC(CC(C)C)CC(C)C)c1. The molecule has 20 heavy (non-hydrogen) atoms. The Bertz CT molecular complexity index is 377. The number of rotatable bonds is 8. The van der Waals surface area contributed by atoms with Gasteiger partial charge in [-0.05, 0) is 49.3 Å². The van der Waals surface area contributed by atoms with E-state index in [0.29, 0.717) is 12.1 Å². The predicted octanol–water partition coefficient (Wildman–Crippen LogP) is 4.81. The topological polar surface area (TPSA) is 21.3 Å². The van der Waals surface area contributed by atoms with Crippen molar-refractivity contribution in [3.8, 4) is 5.75 Å². The molecule has 0 amide bonds. The van der Waals surface area contributed by atoms with Crippen LogP contribution < -0.4 is 10.1 Å². The molecule has 0 saturated heterocycles. The Hall–Kier alpha value is -1.02. The Morgan fingerprint density at radius 2 is 1.60 bits per heavy atom. The Morgan fingerprint density at radius 1 is 1.00 bits per heavy atom. The Kier molecular flexibility index (Phi) is 7.08. The summed E-state index contributed by atoms with van der Waals surface area (Å²) in [4.78, 5) is 0. The minimum absolute atomic E-state index is 0.354. The van der Waals surface area contributed by atoms with Crippen molar-refractivity contribution in [1.82, 2.24) is 5.32 Å². The number of hydrogen-bond acceptors (Lipinski definition) is 2. The Morgan fingerprint density at radius 3 is 2.10 bits per heavy atom. The van der Waals surface area contributed by atoms with Gasteiger partial charge in [0.15, 0.2) is 0 Å². The van der Waals surface area contributed by atoms with E-state index in [0.717, 1.165) is 17.6 Å². The van der Waals surface area contributed by atoms with Crippen LogP contribution in [0.5, 0.6) is 5.75 Å². The normalized spacial score (nSPS) is 13.2. The van der Waals surface area contributed by atoms with Crippen molar-refractivity contribution < 1.29 is 4.74 Å². The van der Waals surface area contributed by atoms with Crippen molar-refractivity contribution in [2.45, 2.75) is 59.5 Å². The molecule has 114 valence electrons. The quantitative estimate of drug-likeness (QED) is 0.736. The van der Waals surface area contributed by atoms with Crippen LogP contribution in [0.4, 0.5) is 0 Å². The van der Waals surface area contributed by atoms with Gasteiger partial charge in [-0.25, -0.2) is 0 Å². The first-order valence-corrected chi connectivity index (χ1v) is 7.82. The minimum Gasteiger partial charge on any atom is -0.497 e. The molecule has 0 aromatic heterocycles. The van der Waals surface area contributed by atoms with Crippen LogP contribution in [0, 0.1) is 11.8 Å². The fraction of sp³-hybridized carbons (Fsp3) is 0.667. The number of benzene rings is 1. The molecule has 0 aliphatic rings. The maximum atomic E-state index is 5.31. The van der Waals surface area contributed by atoms with Gasteiger partial charge in [0, 0.05) is 12.1 Å². The van der Waals surface area contributed by atoms with Crippen LogP contribution in [0.2, 0.25) is 0 Å². The van der Waals surface area contributed by atoms with E-state index < -0.39 is 0 Å². The maximum Gasteiger partial charge on any atom is 0.119 e. The van der Waals surface area contributed by atoms with Crippen LogP contribution in [0.25, 0.3) is 0 Å². The van der Waals surface area contributed by atoms with Crippen LogP contribution >= 0.6 is 0 Å². The monoisotopic (exact) mass is 277 g/mol. The highest BCUT2D eigenvalue weighted by atomic mass is 16.5. The summed E-state index contributed by atoms with van der Waals surface area (Å²) in [7, 11) is 1.72. The van der Waals surface area contributed by atoms with Gasteiger partial charge in [0.2, 0.25) is 0 Å². The van der Waals surface area contributed by atoms with E-state index in [9.17, 15) is 0 Å². The Labute approximate surface area is 124 Å². The van der Waals surface area contributed by atoms with Crippen LogP contribution in [0.15, 0.2) is 24.3 Å². The lowest BCUT2D eigenvalue weighted by Gasteiger charge is -2.26. The van der Waals surface area contributed by atoms with Crippen molar-refractivity contribution in [3.63, 3.8) is 0 Å². The lowest BCUT2D eigenvalue weighted by molar-refractivity contribution is 0.334. The van der Waals surface area contributed by atoms with Gasteiger partial charge in [0.05, 0.1) is 7.11 Å². The zero-order valence-corrected chi connectivity index (χ0v) is 13.9. The molecule has 0 heterocycles. The number of hydrogen-bond donors (Lipinski definition) is 1. The predicted molar refractivity (Wildman–Crippen MR) is 87.2 cm³/mol. The highest BCUT2D eigenvalue weighted by molar-refractivity contribution is 5.30. The third-order valence-electron chi connectivity index (χ3n) is 3.59.